The van der Waals surface area contributed by atoms with E-state index in [2.05, 4.69) is 10.0 Å². The first-order valence-corrected chi connectivity index (χ1v) is 13.5. The number of amides is 2. The Morgan fingerprint density at radius 2 is 1.74 bits per heavy atom. The third-order valence-corrected chi connectivity index (χ3v) is 7.79. The fraction of sp³-hybridized carbons (Fsp3) is 0.385. The lowest BCUT2D eigenvalue weighted by Gasteiger charge is -2.19. The Balaban J connectivity index is 1.32. The van der Waals surface area contributed by atoms with Crippen molar-refractivity contribution in [3.63, 3.8) is 0 Å². The van der Waals surface area contributed by atoms with Crippen molar-refractivity contribution in [1.29, 1.82) is 0 Å². The molecular weight excluding hydrogens is 464 g/mol. The molecule has 0 spiro atoms. The number of rotatable bonds is 11. The van der Waals surface area contributed by atoms with Crippen LogP contribution in [-0.2, 0) is 32.6 Å². The van der Waals surface area contributed by atoms with Gasteiger partial charge in [-0.2, -0.15) is 0 Å². The number of aromatic nitrogens is 1. The number of nitrogens with one attached hydrogen (secondary N) is 2. The Hall–Kier alpha value is -3.17. The molecule has 8 nitrogen and oxygen atoms in total. The van der Waals surface area contributed by atoms with Crippen molar-refractivity contribution in [2.24, 2.45) is 0 Å². The molecule has 1 aliphatic rings. The molecule has 186 valence electrons. The van der Waals surface area contributed by atoms with Gasteiger partial charge in [-0.3, -0.25) is 9.59 Å². The van der Waals surface area contributed by atoms with Gasteiger partial charge in [-0.05, 0) is 75.1 Å². The quantitative estimate of drug-likeness (QED) is 0.424. The highest BCUT2D eigenvalue weighted by Gasteiger charge is 2.27. The maximum Gasteiger partial charge on any atom is 0.242 e. The van der Waals surface area contributed by atoms with E-state index in [0.29, 0.717) is 25.2 Å². The van der Waals surface area contributed by atoms with Crippen molar-refractivity contribution in [3.8, 4) is 0 Å². The summed E-state index contributed by atoms with van der Waals surface area (Å²) in [6, 6.07) is 14.3. The second-order valence-corrected chi connectivity index (χ2v) is 10.6. The Morgan fingerprint density at radius 1 is 1.03 bits per heavy atom. The van der Waals surface area contributed by atoms with Gasteiger partial charge in [-0.1, -0.05) is 12.1 Å². The van der Waals surface area contributed by atoms with Crippen LogP contribution in [0.5, 0.6) is 0 Å². The molecule has 1 aliphatic carbocycles. The number of aryl methyl sites for hydroxylation is 1. The van der Waals surface area contributed by atoms with Gasteiger partial charge in [0.2, 0.25) is 21.8 Å². The van der Waals surface area contributed by atoms with E-state index in [0.717, 1.165) is 29.3 Å². The zero-order chi connectivity index (χ0) is 25.0. The number of likely N-dealkylation sites (N-methyl/N-ethyl adjacent to an activating group) is 1. The van der Waals surface area contributed by atoms with Crippen LogP contribution in [-0.4, -0.2) is 48.8 Å². The van der Waals surface area contributed by atoms with Crippen LogP contribution >= 0.6 is 0 Å². The molecule has 0 saturated heterocycles. The van der Waals surface area contributed by atoms with E-state index in [-0.39, 0.29) is 35.7 Å². The van der Waals surface area contributed by atoms with Crippen molar-refractivity contribution < 1.29 is 18.0 Å². The minimum Gasteiger partial charge on any atom is -0.342 e. The van der Waals surface area contributed by atoms with E-state index in [9.17, 15) is 18.0 Å². The highest BCUT2D eigenvalue weighted by Crippen LogP contribution is 2.23. The monoisotopic (exact) mass is 496 g/mol. The Labute approximate surface area is 206 Å². The average molecular weight is 497 g/mol. The molecule has 1 saturated carbocycles. The number of fused-ring (bicyclic) bond motifs is 1. The molecule has 0 atom stereocenters. The average Bonchev–Trinajstić information content (AvgIpc) is 3.56. The van der Waals surface area contributed by atoms with Gasteiger partial charge in [0, 0.05) is 48.3 Å². The van der Waals surface area contributed by atoms with Gasteiger partial charge in [0.05, 0.1) is 4.90 Å². The van der Waals surface area contributed by atoms with Crippen LogP contribution in [0.3, 0.4) is 0 Å². The number of sulfonamides is 1. The number of carbonyl (C=O) groups is 2. The Kier molecular flexibility index (Phi) is 7.57. The fourth-order valence-electron chi connectivity index (χ4n) is 4.04. The maximum absolute atomic E-state index is 12.5. The summed E-state index contributed by atoms with van der Waals surface area (Å²) in [5, 5.41) is 3.88. The molecule has 9 heteroatoms. The zero-order valence-corrected chi connectivity index (χ0v) is 21.0. The third-order valence-electron chi connectivity index (χ3n) is 6.25. The maximum atomic E-state index is 12.5. The normalized spacial score (nSPS) is 13.7. The highest BCUT2D eigenvalue weighted by molar-refractivity contribution is 7.89. The van der Waals surface area contributed by atoms with Crippen molar-refractivity contribution in [1.82, 2.24) is 14.2 Å². The smallest absolute Gasteiger partial charge is 0.242 e. The van der Waals surface area contributed by atoms with Crippen molar-refractivity contribution >= 4 is 38.4 Å². The van der Waals surface area contributed by atoms with Crippen molar-refractivity contribution in [2.75, 3.05) is 18.4 Å². The molecule has 2 N–H and O–H groups in total. The number of benzene rings is 2. The molecule has 1 fully saturated rings. The van der Waals surface area contributed by atoms with Gasteiger partial charge in [0.25, 0.3) is 0 Å². The first-order chi connectivity index (χ1) is 16.8. The van der Waals surface area contributed by atoms with Crippen molar-refractivity contribution in [3.05, 3.63) is 60.3 Å². The summed E-state index contributed by atoms with van der Waals surface area (Å²) >= 11 is 0. The fourth-order valence-corrected chi connectivity index (χ4v) is 5.35. The molecule has 1 heterocycles. The van der Waals surface area contributed by atoms with Crippen LogP contribution in [0.15, 0.2) is 59.6 Å². The molecule has 0 aliphatic heterocycles. The van der Waals surface area contributed by atoms with Crippen LogP contribution in [0.2, 0.25) is 0 Å². The van der Waals surface area contributed by atoms with Gasteiger partial charge < -0.3 is 14.8 Å². The molecule has 2 amide bonds. The van der Waals surface area contributed by atoms with E-state index in [1.165, 1.54) is 0 Å². The SMILES string of the molecule is CCN(CC)C(=O)Cn1ccc2cc(NC(=O)CCc3ccc(S(=O)(=O)NC4CC4)cc3)ccc21. The highest BCUT2D eigenvalue weighted by atomic mass is 32.2. The van der Waals surface area contributed by atoms with E-state index in [1.54, 1.807) is 29.2 Å². The topological polar surface area (TPSA) is 101 Å². The lowest BCUT2D eigenvalue weighted by atomic mass is 10.1. The molecular formula is C26H32N4O4S. The van der Waals surface area contributed by atoms with E-state index in [1.807, 2.05) is 48.9 Å². The van der Waals surface area contributed by atoms with Crippen LogP contribution < -0.4 is 10.0 Å². The summed E-state index contributed by atoms with van der Waals surface area (Å²) in [6.07, 6.45) is 4.46. The molecule has 2 aromatic carbocycles. The molecule has 35 heavy (non-hydrogen) atoms. The molecule has 3 aromatic rings. The minimum absolute atomic E-state index is 0.0659. The summed E-state index contributed by atoms with van der Waals surface area (Å²) in [6.45, 7) is 5.60. The zero-order valence-electron chi connectivity index (χ0n) is 20.2. The van der Waals surface area contributed by atoms with Gasteiger partial charge in [-0.25, -0.2) is 13.1 Å². The standard InChI is InChI=1S/C26H32N4O4S/c1-3-29(4-2)26(32)18-30-16-15-20-17-22(10-13-24(20)30)27-25(31)14-7-19-5-11-23(12-6-19)35(33,34)28-21-8-9-21/h5-6,10-13,15-17,21,28H,3-4,7-9,14,18H2,1-2H3,(H,27,31). The Morgan fingerprint density at radius 3 is 2.40 bits per heavy atom. The summed E-state index contributed by atoms with van der Waals surface area (Å²) in [4.78, 5) is 27.0. The van der Waals surface area contributed by atoms with Crippen LogP contribution in [0.4, 0.5) is 5.69 Å². The van der Waals surface area contributed by atoms with E-state index >= 15 is 0 Å². The summed E-state index contributed by atoms with van der Waals surface area (Å²) < 4.78 is 29.1. The van der Waals surface area contributed by atoms with Gasteiger partial charge in [0.15, 0.2) is 0 Å². The van der Waals surface area contributed by atoms with Gasteiger partial charge in [0.1, 0.15) is 6.54 Å². The lowest BCUT2D eigenvalue weighted by molar-refractivity contribution is -0.131. The number of carbonyl (C=O) groups excluding carboxylic acids is 2. The molecule has 0 bridgehead atoms. The van der Waals surface area contributed by atoms with Crippen LogP contribution in [0.1, 0.15) is 38.7 Å². The Bertz CT molecular complexity index is 1310. The number of nitrogens with zero attached hydrogens (tertiary/aromatic N) is 2. The van der Waals surface area contributed by atoms with Crippen LogP contribution in [0.25, 0.3) is 10.9 Å². The lowest BCUT2D eigenvalue weighted by Crippen LogP contribution is -2.33. The van der Waals surface area contributed by atoms with E-state index < -0.39 is 10.0 Å². The van der Waals surface area contributed by atoms with Crippen molar-refractivity contribution in [2.45, 2.75) is 57.0 Å². The summed E-state index contributed by atoms with van der Waals surface area (Å²) in [7, 11) is -3.47. The predicted molar refractivity (Wildman–Crippen MR) is 137 cm³/mol. The molecule has 0 radical (unpaired) electrons. The second-order valence-electron chi connectivity index (χ2n) is 8.87. The third kappa shape index (κ3) is 6.29. The molecule has 1 aromatic heterocycles. The number of anilines is 1. The molecule has 4 rings (SSSR count). The summed E-state index contributed by atoms with van der Waals surface area (Å²) in [5.41, 5.74) is 2.54. The predicted octanol–water partition coefficient (Wildman–Crippen LogP) is 3.52. The second kappa shape index (κ2) is 10.6. The largest absolute Gasteiger partial charge is 0.342 e. The van der Waals surface area contributed by atoms with Crippen LogP contribution in [0, 0.1) is 0 Å². The first kappa shape index (κ1) is 24.9. The first-order valence-electron chi connectivity index (χ1n) is 12.1. The summed E-state index contributed by atoms with van der Waals surface area (Å²) in [5.74, 6) is -0.0396. The van der Waals surface area contributed by atoms with Gasteiger partial charge >= 0.3 is 0 Å². The van der Waals surface area contributed by atoms with Gasteiger partial charge in [-0.15, -0.1) is 0 Å². The minimum atomic E-state index is -3.47. The number of hydrogen-bond acceptors (Lipinski definition) is 4. The molecule has 0 unspecified atom stereocenters. The number of hydrogen-bond donors (Lipinski definition) is 2. The van der Waals surface area contributed by atoms with E-state index in [4.69, 9.17) is 0 Å².